The van der Waals surface area contributed by atoms with Crippen LogP contribution in [0.4, 0.5) is 0 Å². The van der Waals surface area contributed by atoms with Crippen LogP contribution in [0.15, 0.2) is 139 Å². The highest BCUT2D eigenvalue weighted by Gasteiger charge is 2.47. The lowest BCUT2D eigenvalue weighted by Crippen LogP contribution is -2.08. The topological polar surface area (TPSA) is 0 Å². The maximum absolute atomic E-state index is 2.45. The SMILES string of the molecule is C1=CC2=C(CC1)C1CC1c1cccc(-c3c4ccccc4c(C4=CC=C(c5cccc6ccccc56)CC4)c4ccccc34)c12. The van der Waals surface area contributed by atoms with Gasteiger partial charge in [-0.25, -0.2) is 0 Å². The van der Waals surface area contributed by atoms with Gasteiger partial charge in [-0.3, -0.25) is 0 Å². The summed E-state index contributed by atoms with van der Waals surface area (Å²) in [6.45, 7) is 0. The van der Waals surface area contributed by atoms with Gasteiger partial charge in [0.15, 0.2) is 0 Å². The first kappa shape index (κ1) is 25.4. The van der Waals surface area contributed by atoms with Crippen molar-refractivity contribution < 1.29 is 0 Å². The lowest BCUT2D eigenvalue weighted by Gasteiger charge is -2.28. The monoisotopic (exact) mass is 574 g/mol. The van der Waals surface area contributed by atoms with Crippen LogP contribution in [0.2, 0.25) is 0 Å². The van der Waals surface area contributed by atoms with E-state index < -0.39 is 0 Å². The number of allylic oxidation sites excluding steroid dienone is 8. The van der Waals surface area contributed by atoms with Gasteiger partial charge in [0, 0.05) is 0 Å². The van der Waals surface area contributed by atoms with Crippen molar-refractivity contribution in [3.8, 4) is 11.1 Å². The van der Waals surface area contributed by atoms with Crippen LogP contribution >= 0.6 is 0 Å². The molecule has 2 unspecified atom stereocenters. The minimum atomic E-state index is 0.706. The summed E-state index contributed by atoms with van der Waals surface area (Å²) in [6, 6.07) is 41.0. The molecule has 1 saturated carbocycles. The number of rotatable bonds is 3. The van der Waals surface area contributed by atoms with Crippen LogP contribution in [0.3, 0.4) is 0 Å². The average molecular weight is 575 g/mol. The Kier molecular flexibility index (Phi) is 5.52. The van der Waals surface area contributed by atoms with E-state index in [0.29, 0.717) is 5.92 Å². The van der Waals surface area contributed by atoms with Crippen molar-refractivity contribution in [2.24, 2.45) is 5.92 Å². The highest BCUT2D eigenvalue weighted by Crippen LogP contribution is 2.62. The van der Waals surface area contributed by atoms with Crippen molar-refractivity contribution >= 4 is 49.0 Å². The molecule has 1 fully saturated rings. The van der Waals surface area contributed by atoms with Crippen LogP contribution in [0, 0.1) is 5.92 Å². The first-order valence-corrected chi connectivity index (χ1v) is 16.7. The molecule has 0 aromatic heterocycles. The van der Waals surface area contributed by atoms with Gasteiger partial charge in [0.1, 0.15) is 0 Å². The third-order valence-electron chi connectivity index (χ3n) is 11.0. The van der Waals surface area contributed by atoms with Crippen molar-refractivity contribution in [1.82, 2.24) is 0 Å². The molecule has 214 valence electrons. The number of benzene rings is 6. The summed E-state index contributed by atoms with van der Waals surface area (Å²) in [5, 5.41) is 8.12. The molecule has 0 amide bonds. The first-order chi connectivity index (χ1) is 22.3. The molecule has 45 heavy (non-hydrogen) atoms. The van der Waals surface area contributed by atoms with Gasteiger partial charge >= 0.3 is 0 Å². The van der Waals surface area contributed by atoms with Crippen LogP contribution in [0.1, 0.15) is 60.3 Å². The highest BCUT2D eigenvalue weighted by molar-refractivity contribution is 6.20. The van der Waals surface area contributed by atoms with Gasteiger partial charge < -0.3 is 0 Å². The van der Waals surface area contributed by atoms with Gasteiger partial charge in [0.05, 0.1) is 0 Å². The van der Waals surface area contributed by atoms with E-state index in [2.05, 4.69) is 133 Å². The zero-order chi connectivity index (χ0) is 29.5. The van der Waals surface area contributed by atoms with Gasteiger partial charge in [-0.1, -0.05) is 139 Å². The molecule has 0 saturated heterocycles. The Bertz CT molecular complexity index is 2290. The summed E-state index contributed by atoms with van der Waals surface area (Å²) < 4.78 is 0. The zero-order valence-corrected chi connectivity index (χ0v) is 25.4. The predicted molar refractivity (Wildman–Crippen MR) is 192 cm³/mol. The smallest absolute Gasteiger partial charge is 0.00200 e. The molecule has 6 aromatic rings. The number of fused-ring (bicyclic) bond motifs is 8. The van der Waals surface area contributed by atoms with Crippen LogP contribution in [0.5, 0.6) is 0 Å². The quantitative estimate of drug-likeness (QED) is 0.184. The minimum absolute atomic E-state index is 0.706. The lowest BCUT2D eigenvalue weighted by molar-refractivity contribution is 0.817. The third-order valence-corrected chi connectivity index (χ3v) is 11.0. The molecule has 0 heteroatoms. The molecule has 0 bridgehead atoms. The second-order valence-electron chi connectivity index (χ2n) is 13.4. The van der Waals surface area contributed by atoms with Gasteiger partial charge in [-0.15, -0.1) is 0 Å². The van der Waals surface area contributed by atoms with Crippen molar-refractivity contribution in [2.75, 3.05) is 0 Å². The third kappa shape index (κ3) is 3.78. The Balaban J connectivity index is 1.20. The molecule has 2 atom stereocenters. The molecule has 4 aliphatic rings. The summed E-state index contributed by atoms with van der Waals surface area (Å²) >= 11 is 0. The molecule has 0 radical (unpaired) electrons. The van der Waals surface area contributed by atoms with Crippen LogP contribution in [0.25, 0.3) is 60.2 Å². The van der Waals surface area contributed by atoms with Gasteiger partial charge in [0.25, 0.3) is 0 Å². The number of hydrogen-bond acceptors (Lipinski definition) is 0. The van der Waals surface area contributed by atoms with E-state index in [9.17, 15) is 0 Å². The van der Waals surface area contributed by atoms with E-state index >= 15 is 0 Å². The van der Waals surface area contributed by atoms with E-state index in [1.807, 2.05) is 0 Å². The number of hydrogen-bond donors (Lipinski definition) is 0. The van der Waals surface area contributed by atoms with Crippen LogP contribution in [-0.2, 0) is 0 Å². The second-order valence-corrected chi connectivity index (χ2v) is 13.4. The minimum Gasteiger partial charge on any atom is -0.0836 e. The molecule has 0 N–H and O–H groups in total. The molecule has 4 aliphatic carbocycles. The van der Waals surface area contributed by atoms with E-state index in [1.165, 1.54) is 96.1 Å². The van der Waals surface area contributed by atoms with E-state index in [0.717, 1.165) is 18.8 Å². The molecule has 0 aliphatic heterocycles. The summed E-state index contributed by atoms with van der Waals surface area (Å²) in [7, 11) is 0. The fraction of sp³-hybridized carbons (Fsp3) is 0.156. The zero-order valence-electron chi connectivity index (χ0n) is 25.4. The molecule has 10 rings (SSSR count). The average Bonchev–Trinajstić information content (AvgIpc) is 3.92. The summed E-state index contributed by atoms with van der Waals surface area (Å²) in [5.41, 5.74) is 14.8. The second kappa shape index (κ2) is 9.78. The van der Waals surface area contributed by atoms with E-state index in [-0.39, 0.29) is 0 Å². The standard InChI is InChI=1S/C45H34/c1-2-13-31-28(11-1)12-9-20-32(31)29-23-25-30(26-24-29)43-35-16-5-7-18-37(35)45(38-19-8-6-17-36(38)43)40-22-10-21-39-42-27-41(42)33-14-3-4-15-34(33)44(39)40/h1-2,4-13,15-23,25,41-42H,3,14,24,26-27H2. The molecular formula is C45H34. The van der Waals surface area contributed by atoms with Crippen molar-refractivity contribution in [2.45, 2.75) is 38.0 Å². The van der Waals surface area contributed by atoms with Crippen molar-refractivity contribution in [3.05, 3.63) is 161 Å². The Labute approximate surface area is 264 Å². The Hall–Kier alpha value is -4.94. The molecule has 0 heterocycles. The normalized spacial score (nSPS) is 20.1. The maximum Gasteiger partial charge on any atom is -0.00200 e. The summed E-state index contributed by atoms with van der Waals surface area (Å²) in [5.74, 6) is 1.48. The van der Waals surface area contributed by atoms with Gasteiger partial charge in [0.2, 0.25) is 0 Å². The molecular weight excluding hydrogens is 540 g/mol. The Morgan fingerprint density at radius 2 is 1.09 bits per heavy atom. The van der Waals surface area contributed by atoms with Crippen LogP contribution in [-0.4, -0.2) is 0 Å². The van der Waals surface area contributed by atoms with Crippen molar-refractivity contribution in [1.29, 1.82) is 0 Å². The fourth-order valence-electron chi connectivity index (χ4n) is 8.96. The fourth-order valence-corrected chi connectivity index (χ4v) is 8.96. The molecule has 0 spiro atoms. The largest absolute Gasteiger partial charge is 0.0836 e. The van der Waals surface area contributed by atoms with E-state index in [1.54, 1.807) is 11.1 Å². The first-order valence-electron chi connectivity index (χ1n) is 16.7. The molecule has 6 aromatic carbocycles. The van der Waals surface area contributed by atoms with Crippen molar-refractivity contribution in [3.63, 3.8) is 0 Å². The highest BCUT2D eigenvalue weighted by atomic mass is 14.5. The lowest BCUT2D eigenvalue weighted by atomic mass is 9.76. The van der Waals surface area contributed by atoms with Gasteiger partial charge in [-0.05, 0) is 126 Å². The summed E-state index contributed by atoms with van der Waals surface area (Å²) in [4.78, 5) is 0. The van der Waals surface area contributed by atoms with Gasteiger partial charge in [-0.2, -0.15) is 0 Å². The predicted octanol–water partition coefficient (Wildman–Crippen LogP) is 12.3. The Morgan fingerprint density at radius 3 is 1.84 bits per heavy atom. The maximum atomic E-state index is 2.45. The van der Waals surface area contributed by atoms with Crippen LogP contribution < -0.4 is 0 Å². The van der Waals surface area contributed by atoms with E-state index in [4.69, 9.17) is 0 Å². The molecule has 0 nitrogen and oxygen atoms in total. The Morgan fingerprint density at radius 1 is 0.467 bits per heavy atom. The summed E-state index contributed by atoms with van der Waals surface area (Å²) in [6.07, 6.45) is 15.5.